The molecule has 0 bridgehead atoms. The van der Waals surface area contributed by atoms with Crippen LogP contribution >= 0.6 is 11.8 Å². The molecule has 1 amide bonds. The molecule has 5 rings (SSSR count). The SMILES string of the molecule is Cc1ccc(-n2c(SCC(=O)N3CCC[C@H]4CCCC[C@H]43)nnc2-c2ccncc2)cc1C. The molecule has 1 aliphatic carbocycles. The normalized spacial score (nSPS) is 20.5. The summed E-state index contributed by atoms with van der Waals surface area (Å²) in [5.41, 5.74) is 4.42. The van der Waals surface area contributed by atoms with Crippen LogP contribution in [0.2, 0.25) is 0 Å². The van der Waals surface area contributed by atoms with E-state index in [1.807, 2.05) is 12.1 Å². The van der Waals surface area contributed by atoms with Gasteiger partial charge in [-0.2, -0.15) is 0 Å². The van der Waals surface area contributed by atoms with Crippen molar-refractivity contribution < 1.29 is 4.79 Å². The first-order valence-electron chi connectivity index (χ1n) is 12.0. The Labute approximate surface area is 199 Å². The Hall–Kier alpha value is -2.67. The second-order valence-electron chi connectivity index (χ2n) is 9.28. The van der Waals surface area contributed by atoms with E-state index in [0.29, 0.717) is 17.7 Å². The molecule has 172 valence electrons. The summed E-state index contributed by atoms with van der Waals surface area (Å²) in [6.45, 7) is 5.12. The van der Waals surface area contributed by atoms with Gasteiger partial charge in [0.2, 0.25) is 5.91 Å². The van der Waals surface area contributed by atoms with Gasteiger partial charge in [-0.15, -0.1) is 10.2 Å². The van der Waals surface area contributed by atoms with Crippen LogP contribution in [-0.4, -0.2) is 48.9 Å². The number of amides is 1. The molecule has 6 nitrogen and oxygen atoms in total. The second kappa shape index (κ2) is 9.67. The first-order valence-corrected chi connectivity index (χ1v) is 13.0. The molecule has 0 spiro atoms. The Morgan fingerprint density at radius 1 is 1.00 bits per heavy atom. The number of nitrogens with zero attached hydrogens (tertiary/aromatic N) is 5. The predicted molar refractivity (Wildman–Crippen MR) is 131 cm³/mol. The molecule has 2 fully saturated rings. The number of piperidine rings is 1. The van der Waals surface area contributed by atoms with Crippen LogP contribution < -0.4 is 0 Å². The Balaban J connectivity index is 1.41. The minimum Gasteiger partial charge on any atom is -0.339 e. The maximum absolute atomic E-state index is 13.3. The van der Waals surface area contributed by atoms with Gasteiger partial charge < -0.3 is 4.90 Å². The number of thioether (sulfide) groups is 1. The molecular weight excluding hydrogens is 430 g/mol. The molecule has 3 aromatic rings. The molecule has 2 aliphatic rings. The first kappa shape index (κ1) is 22.1. The number of aryl methyl sites for hydroxylation is 2. The van der Waals surface area contributed by atoms with Gasteiger partial charge in [-0.1, -0.05) is 30.7 Å². The lowest BCUT2D eigenvalue weighted by atomic mass is 9.78. The van der Waals surface area contributed by atoms with Crippen LogP contribution in [-0.2, 0) is 4.79 Å². The van der Waals surface area contributed by atoms with Crippen molar-refractivity contribution in [2.75, 3.05) is 12.3 Å². The maximum atomic E-state index is 13.3. The number of carbonyl (C=O) groups excluding carboxylic acids is 1. The van der Waals surface area contributed by atoms with Crippen molar-refractivity contribution in [1.82, 2.24) is 24.6 Å². The number of likely N-dealkylation sites (tertiary alicyclic amines) is 1. The monoisotopic (exact) mass is 461 g/mol. The van der Waals surface area contributed by atoms with Crippen LogP contribution in [0.1, 0.15) is 49.7 Å². The van der Waals surface area contributed by atoms with Crippen molar-refractivity contribution in [3.05, 3.63) is 53.9 Å². The smallest absolute Gasteiger partial charge is 0.233 e. The number of carbonyl (C=O) groups is 1. The van der Waals surface area contributed by atoms with Crippen LogP contribution in [0.5, 0.6) is 0 Å². The largest absolute Gasteiger partial charge is 0.339 e. The van der Waals surface area contributed by atoms with Crippen molar-refractivity contribution in [1.29, 1.82) is 0 Å². The highest BCUT2D eigenvalue weighted by Gasteiger charge is 2.35. The van der Waals surface area contributed by atoms with Gasteiger partial charge in [0.1, 0.15) is 0 Å². The number of hydrogen-bond acceptors (Lipinski definition) is 5. The standard InChI is InChI=1S/C26H31N5OS/c1-18-9-10-22(16-19(18)2)31-25(21-11-13-27-14-12-21)28-29-26(31)33-17-24(32)30-15-5-7-20-6-3-4-8-23(20)30/h9-14,16,20,23H,3-8,15,17H2,1-2H3/t20-,23-/m1/s1. The number of benzene rings is 1. The Kier molecular flexibility index (Phi) is 6.49. The van der Waals surface area contributed by atoms with E-state index >= 15 is 0 Å². The summed E-state index contributed by atoms with van der Waals surface area (Å²) in [5.74, 6) is 2.08. The molecule has 1 saturated carbocycles. The summed E-state index contributed by atoms with van der Waals surface area (Å²) in [4.78, 5) is 19.6. The van der Waals surface area contributed by atoms with E-state index in [1.54, 1.807) is 12.4 Å². The molecule has 3 heterocycles. The van der Waals surface area contributed by atoms with E-state index in [4.69, 9.17) is 0 Å². The molecule has 7 heteroatoms. The van der Waals surface area contributed by atoms with Gasteiger partial charge in [0.05, 0.1) is 11.4 Å². The number of pyridine rings is 1. The van der Waals surface area contributed by atoms with Crippen molar-refractivity contribution >= 4 is 17.7 Å². The third-order valence-electron chi connectivity index (χ3n) is 7.21. The fourth-order valence-electron chi connectivity index (χ4n) is 5.29. The molecular formula is C26H31N5OS. The molecule has 1 aromatic carbocycles. The van der Waals surface area contributed by atoms with Crippen molar-refractivity contribution in [2.24, 2.45) is 5.92 Å². The summed E-state index contributed by atoms with van der Waals surface area (Å²) in [7, 11) is 0. The predicted octanol–water partition coefficient (Wildman–Crippen LogP) is 5.22. The summed E-state index contributed by atoms with van der Waals surface area (Å²) >= 11 is 1.49. The minimum absolute atomic E-state index is 0.233. The maximum Gasteiger partial charge on any atom is 0.233 e. The summed E-state index contributed by atoms with van der Waals surface area (Å²) in [6, 6.07) is 10.7. The van der Waals surface area contributed by atoms with E-state index < -0.39 is 0 Å². The van der Waals surface area contributed by atoms with Crippen LogP contribution in [0.15, 0.2) is 47.9 Å². The van der Waals surface area contributed by atoms with E-state index in [0.717, 1.165) is 41.6 Å². The van der Waals surface area contributed by atoms with Gasteiger partial charge >= 0.3 is 0 Å². The van der Waals surface area contributed by atoms with E-state index in [1.165, 1.54) is 48.6 Å². The lowest BCUT2D eigenvalue weighted by Crippen LogP contribution is -2.50. The highest BCUT2D eigenvalue weighted by molar-refractivity contribution is 7.99. The van der Waals surface area contributed by atoms with Crippen molar-refractivity contribution in [2.45, 2.75) is 63.6 Å². The number of aromatic nitrogens is 4. The number of rotatable bonds is 5. The van der Waals surface area contributed by atoms with Crippen LogP contribution in [0.25, 0.3) is 17.1 Å². The van der Waals surface area contributed by atoms with Crippen molar-refractivity contribution in [3.8, 4) is 17.1 Å². The minimum atomic E-state index is 0.233. The Morgan fingerprint density at radius 3 is 2.61 bits per heavy atom. The molecule has 2 atom stereocenters. The van der Waals surface area contributed by atoms with Crippen LogP contribution in [0.4, 0.5) is 0 Å². The molecule has 33 heavy (non-hydrogen) atoms. The zero-order chi connectivity index (χ0) is 22.8. The van der Waals surface area contributed by atoms with Gasteiger partial charge in [0.15, 0.2) is 11.0 Å². The lowest BCUT2D eigenvalue weighted by Gasteiger charge is -2.44. The number of hydrogen-bond donors (Lipinski definition) is 0. The molecule has 0 radical (unpaired) electrons. The van der Waals surface area contributed by atoms with Crippen LogP contribution in [0.3, 0.4) is 0 Å². The van der Waals surface area contributed by atoms with Crippen LogP contribution in [0, 0.1) is 19.8 Å². The molecule has 0 unspecified atom stereocenters. The second-order valence-corrected chi connectivity index (χ2v) is 10.2. The highest BCUT2D eigenvalue weighted by Crippen LogP contribution is 2.36. The third kappa shape index (κ3) is 4.56. The highest BCUT2D eigenvalue weighted by atomic mass is 32.2. The Morgan fingerprint density at radius 2 is 1.79 bits per heavy atom. The molecule has 2 aromatic heterocycles. The van der Waals surface area contributed by atoms with Gasteiger partial charge in [0, 0.05) is 30.5 Å². The molecule has 0 N–H and O–H groups in total. The van der Waals surface area contributed by atoms with E-state index in [9.17, 15) is 4.79 Å². The first-order chi connectivity index (χ1) is 16.1. The van der Waals surface area contributed by atoms with Crippen molar-refractivity contribution in [3.63, 3.8) is 0 Å². The fraction of sp³-hybridized carbons (Fsp3) is 0.462. The summed E-state index contributed by atoms with van der Waals surface area (Å²) in [6.07, 6.45) is 10.9. The fourth-order valence-corrected chi connectivity index (χ4v) is 6.13. The topological polar surface area (TPSA) is 63.9 Å². The van der Waals surface area contributed by atoms with Gasteiger partial charge in [-0.05, 0) is 80.8 Å². The molecule has 1 aliphatic heterocycles. The molecule has 1 saturated heterocycles. The Bertz CT molecular complexity index is 1130. The van der Waals surface area contributed by atoms with E-state index in [2.05, 4.69) is 56.7 Å². The summed E-state index contributed by atoms with van der Waals surface area (Å²) < 4.78 is 2.07. The lowest BCUT2D eigenvalue weighted by molar-refractivity contribution is -0.134. The number of fused-ring (bicyclic) bond motifs is 1. The average molecular weight is 462 g/mol. The van der Waals surface area contributed by atoms with Gasteiger partial charge in [-0.3, -0.25) is 14.3 Å². The third-order valence-corrected chi connectivity index (χ3v) is 8.12. The van der Waals surface area contributed by atoms with E-state index in [-0.39, 0.29) is 5.91 Å². The van der Waals surface area contributed by atoms with Gasteiger partial charge in [0.25, 0.3) is 0 Å². The van der Waals surface area contributed by atoms with Gasteiger partial charge in [-0.25, -0.2) is 0 Å². The zero-order valence-electron chi connectivity index (χ0n) is 19.4. The quantitative estimate of drug-likeness (QED) is 0.488. The zero-order valence-corrected chi connectivity index (χ0v) is 20.2. The summed E-state index contributed by atoms with van der Waals surface area (Å²) in [5, 5.41) is 9.76. The average Bonchev–Trinajstić information content (AvgIpc) is 3.28.